The van der Waals surface area contributed by atoms with Gasteiger partial charge in [0.2, 0.25) is 0 Å². The van der Waals surface area contributed by atoms with E-state index in [9.17, 15) is 28.2 Å². The van der Waals surface area contributed by atoms with E-state index in [4.69, 9.17) is 14.2 Å². The summed E-state index contributed by atoms with van der Waals surface area (Å²) in [5.74, 6) is -4.29. The first-order chi connectivity index (χ1) is 22.7. The number of benzene rings is 2. The first-order valence-electron chi connectivity index (χ1n) is 15.1. The third-order valence-electron chi connectivity index (χ3n) is 8.63. The minimum atomic E-state index is -1.60. The van der Waals surface area contributed by atoms with Gasteiger partial charge in [0.25, 0.3) is 0 Å². The largest absolute Gasteiger partial charge is 0.445 e. The van der Waals surface area contributed by atoms with Crippen LogP contribution in [0.4, 0.5) is 18.0 Å². The molecule has 2 N–H and O–H groups in total. The van der Waals surface area contributed by atoms with Crippen molar-refractivity contribution in [3.63, 3.8) is 0 Å². The van der Waals surface area contributed by atoms with Crippen LogP contribution < -0.4 is 0 Å². The van der Waals surface area contributed by atoms with Crippen LogP contribution in [0.5, 0.6) is 0 Å². The molecule has 0 radical (unpaired) electrons. The van der Waals surface area contributed by atoms with Gasteiger partial charge in [0.15, 0.2) is 17.5 Å². The van der Waals surface area contributed by atoms with Crippen molar-refractivity contribution in [2.45, 2.75) is 62.4 Å². The van der Waals surface area contributed by atoms with Crippen molar-refractivity contribution in [1.82, 2.24) is 34.9 Å². The Hall–Kier alpha value is -4.38. The second-order valence-electron chi connectivity index (χ2n) is 11.6. The summed E-state index contributed by atoms with van der Waals surface area (Å²) in [4.78, 5) is 14.3. The van der Waals surface area contributed by atoms with Gasteiger partial charge in [-0.2, -0.15) is 0 Å². The molecule has 16 heteroatoms. The first-order valence-corrected chi connectivity index (χ1v) is 15.1. The molecule has 0 unspecified atom stereocenters. The lowest BCUT2D eigenvalue weighted by Gasteiger charge is -2.43. The van der Waals surface area contributed by atoms with Gasteiger partial charge in [-0.05, 0) is 30.5 Å². The number of hydrogen-bond donors (Lipinski definition) is 2. The van der Waals surface area contributed by atoms with Crippen LogP contribution >= 0.6 is 0 Å². The Balaban J connectivity index is 1.11. The van der Waals surface area contributed by atoms with E-state index in [0.29, 0.717) is 25.9 Å². The van der Waals surface area contributed by atoms with Crippen LogP contribution in [0.3, 0.4) is 0 Å². The highest BCUT2D eigenvalue weighted by Gasteiger charge is 2.47. The summed E-state index contributed by atoms with van der Waals surface area (Å²) in [5.41, 5.74) is 1.65. The third kappa shape index (κ3) is 7.00. The van der Waals surface area contributed by atoms with Gasteiger partial charge in [-0.25, -0.2) is 27.3 Å². The molecule has 2 aliphatic rings. The molecule has 2 aromatic carbocycles. The van der Waals surface area contributed by atoms with Gasteiger partial charge in [-0.15, -0.1) is 10.2 Å². The van der Waals surface area contributed by atoms with Crippen LogP contribution in [0, 0.1) is 17.5 Å². The summed E-state index contributed by atoms with van der Waals surface area (Å²) in [6.45, 7) is 0.858. The average Bonchev–Trinajstić information content (AvgIpc) is 3.77. The maximum Gasteiger partial charge on any atom is 0.410 e. The minimum Gasteiger partial charge on any atom is -0.445 e. The van der Waals surface area contributed by atoms with Crippen LogP contribution in [0.15, 0.2) is 54.9 Å². The van der Waals surface area contributed by atoms with Crippen LogP contribution in [-0.2, 0) is 27.4 Å². The lowest BCUT2D eigenvalue weighted by Crippen LogP contribution is -2.57. The van der Waals surface area contributed by atoms with E-state index < -0.39 is 54.5 Å². The van der Waals surface area contributed by atoms with E-state index in [1.165, 1.54) is 18.0 Å². The van der Waals surface area contributed by atoms with Crippen molar-refractivity contribution in [1.29, 1.82) is 0 Å². The first kappa shape index (κ1) is 32.6. The molecule has 5 atom stereocenters. The average molecular weight is 658 g/mol. The maximum atomic E-state index is 13.9. The van der Waals surface area contributed by atoms with Gasteiger partial charge >= 0.3 is 6.09 Å². The fourth-order valence-electron chi connectivity index (χ4n) is 6.11. The van der Waals surface area contributed by atoms with Gasteiger partial charge in [0.05, 0.1) is 25.0 Å². The minimum absolute atomic E-state index is 0.0323. The number of nitrogens with zero attached hydrogens (tertiary/aromatic N) is 7. The fourth-order valence-corrected chi connectivity index (χ4v) is 6.11. The van der Waals surface area contributed by atoms with Crippen molar-refractivity contribution in [3.8, 4) is 11.3 Å². The lowest BCUT2D eigenvalue weighted by molar-refractivity contribution is -0.216. The number of aliphatic hydroxyl groups excluding tert-OH is 2. The SMILES string of the molecule is CO[C@@H]1[C@@H](n2cc(-c3cc(F)c(F)c(F)c3)nn2)[C@@H](O)[C@@H](CO)O[C@@H]1Cn1cc(C2CCN(C(=O)OCc3ccccc3)CC2)nn1. The molecule has 1 amide bonds. The molecule has 4 aromatic rings. The molecule has 0 spiro atoms. The van der Waals surface area contributed by atoms with Crippen molar-refractivity contribution >= 4 is 6.09 Å². The molecule has 2 saturated heterocycles. The number of amides is 1. The van der Waals surface area contributed by atoms with E-state index in [1.54, 1.807) is 15.8 Å². The van der Waals surface area contributed by atoms with Crippen LogP contribution in [0.2, 0.25) is 0 Å². The normalized spacial score (nSPS) is 23.6. The van der Waals surface area contributed by atoms with E-state index in [2.05, 4.69) is 20.6 Å². The summed E-state index contributed by atoms with van der Waals surface area (Å²) in [6, 6.07) is 10.1. The highest BCUT2D eigenvalue weighted by Crippen LogP contribution is 2.34. The van der Waals surface area contributed by atoms with Crippen molar-refractivity contribution in [2.24, 2.45) is 0 Å². The zero-order chi connectivity index (χ0) is 33.1. The summed E-state index contributed by atoms with van der Waals surface area (Å²) >= 11 is 0. The number of likely N-dealkylation sites (tertiary alicyclic amines) is 1. The fraction of sp³-hybridized carbons (Fsp3) is 0.452. The lowest BCUT2D eigenvalue weighted by atomic mass is 9.92. The number of aromatic nitrogens is 6. The highest BCUT2D eigenvalue weighted by atomic mass is 19.2. The molecular formula is C31H34F3N7O6. The standard InChI is InChI=1S/C31H34F3N7O6/c1-45-30-25(47-26(16-42)29(43)28(30)41-14-24(36-38-41)20-11-21(32)27(34)22(33)12-20)15-40-13-23(35-37-40)19-7-9-39(10-8-19)31(44)46-17-18-5-3-2-4-6-18/h2-6,11-14,19,25-26,28-30,42-43H,7-10,15-17H2,1H3/t25-,26-,28+,29+,30+/m1/s1. The van der Waals surface area contributed by atoms with Gasteiger partial charge in [-0.1, -0.05) is 40.8 Å². The van der Waals surface area contributed by atoms with Crippen LogP contribution in [0.25, 0.3) is 11.3 Å². The summed E-state index contributed by atoms with van der Waals surface area (Å²) in [7, 11) is 1.42. The van der Waals surface area contributed by atoms with Gasteiger partial charge in [-0.3, -0.25) is 0 Å². The molecule has 2 fully saturated rings. The summed E-state index contributed by atoms with van der Waals surface area (Å²) < 4.78 is 61.3. The summed E-state index contributed by atoms with van der Waals surface area (Å²) in [6.07, 6.45) is 0.240. The molecule has 2 aromatic heterocycles. The number of methoxy groups -OCH3 is 1. The number of halogens is 3. The Morgan fingerprint density at radius 1 is 1.02 bits per heavy atom. The molecular weight excluding hydrogens is 623 g/mol. The molecule has 6 rings (SSSR count). The summed E-state index contributed by atoms with van der Waals surface area (Å²) in [5, 5.41) is 37.7. The molecule has 2 aliphatic heterocycles. The number of ether oxygens (including phenoxy) is 3. The maximum absolute atomic E-state index is 13.9. The monoisotopic (exact) mass is 657 g/mol. The van der Waals surface area contributed by atoms with E-state index in [-0.39, 0.29) is 36.4 Å². The predicted molar refractivity (Wildman–Crippen MR) is 157 cm³/mol. The quantitative estimate of drug-likeness (QED) is 0.257. The molecule has 4 heterocycles. The topological polar surface area (TPSA) is 150 Å². The Kier molecular flexibility index (Phi) is 9.81. The van der Waals surface area contributed by atoms with Crippen molar-refractivity contribution in [3.05, 3.63) is 83.6 Å². The second-order valence-corrected chi connectivity index (χ2v) is 11.6. The van der Waals surface area contributed by atoms with Crippen LogP contribution in [-0.4, -0.2) is 102 Å². The third-order valence-corrected chi connectivity index (χ3v) is 8.63. The Bertz CT molecular complexity index is 1640. The van der Waals surface area contributed by atoms with Gasteiger partial charge < -0.3 is 29.3 Å². The van der Waals surface area contributed by atoms with Crippen molar-refractivity contribution < 1.29 is 42.4 Å². The number of carbonyl (C=O) groups excluding carboxylic acids is 1. The van der Waals surface area contributed by atoms with E-state index in [0.717, 1.165) is 23.4 Å². The van der Waals surface area contributed by atoms with E-state index in [1.807, 2.05) is 30.3 Å². The number of carbonyl (C=O) groups is 1. The molecule has 0 saturated carbocycles. The van der Waals surface area contributed by atoms with Gasteiger partial charge in [0, 0.05) is 37.9 Å². The number of rotatable bonds is 9. The number of piperidine rings is 1. The Morgan fingerprint density at radius 3 is 2.43 bits per heavy atom. The van der Waals surface area contributed by atoms with Crippen LogP contribution in [0.1, 0.15) is 36.1 Å². The number of aliphatic hydroxyl groups is 2. The highest BCUT2D eigenvalue weighted by molar-refractivity contribution is 5.67. The zero-order valence-corrected chi connectivity index (χ0v) is 25.4. The van der Waals surface area contributed by atoms with Gasteiger partial charge in [0.1, 0.15) is 42.8 Å². The smallest absolute Gasteiger partial charge is 0.410 e. The van der Waals surface area contributed by atoms with Crippen molar-refractivity contribution in [2.75, 3.05) is 26.8 Å². The predicted octanol–water partition coefficient (Wildman–Crippen LogP) is 2.85. The Morgan fingerprint density at radius 2 is 1.74 bits per heavy atom. The second kappa shape index (κ2) is 14.2. The molecule has 0 bridgehead atoms. The molecule has 13 nitrogen and oxygen atoms in total. The molecule has 250 valence electrons. The molecule has 0 aliphatic carbocycles. The molecule has 47 heavy (non-hydrogen) atoms. The van der Waals surface area contributed by atoms with E-state index >= 15 is 0 Å². The Labute approximate surface area is 267 Å². The number of hydrogen-bond acceptors (Lipinski definition) is 10. The zero-order valence-electron chi connectivity index (χ0n) is 25.4.